The fourth-order valence-corrected chi connectivity index (χ4v) is 5.48. The number of hydrogen-bond acceptors (Lipinski definition) is 6. The van der Waals surface area contributed by atoms with E-state index in [1.165, 1.54) is 48.7 Å². The fraction of sp³-hybridized carbons (Fsp3) is 0.318. The van der Waals surface area contributed by atoms with Gasteiger partial charge in [0.25, 0.3) is 0 Å². The molecule has 2 aromatic rings. The Balaban J connectivity index is 1.70. The van der Waals surface area contributed by atoms with Crippen LogP contribution >= 0.6 is 0 Å². The molecule has 1 amide bonds. The van der Waals surface area contributed by atoms with Gasteiger partial charge >= 0.3 is 0 Å². The number of sulfonamides is 2. The molecule has 0 spiro atoms. The number of nitrogens with one attached hydrogen (secondary N) is 1. The number of rotatable bonds is 7. The third-order valence-electron chi connectivity index (χ3n) is 5.16. The number of morpholine rings is 1. The van der Waals surface area contributed by atoms with E-state index in [1.54, 1.807) is 31.2 Å². The highest BCUT2D eigenvalue weighted by Gasteiger charge is 2.26. The molecule has 1 fully saturated rings. The maximum atomic E-state index is 12.7. The lowest BCUT2D eigenvalue weighted by Crippen LogP contribution is -2.40. The Morgan fingerprint density at radius 2 is 1.61 bits per heavy atom. The van der Waals surface area contributed by atoms with E-state index in [0.717, 1.165) is 4.31 Å². The second-order valence-electron chi connectivity index (χ2n) is 7.67. The van der Waals surface area contributed by atoms with Crippen molar-refractivity contribution < 1.29 is 26.4 Å². The van der Waals surface area contributed by atoms with Gasteiger partial charge in [-0.2, -0.15) is 4.31 Å². The van der Waals surface area contributed by atoms with Gasteiger partial charge in [0.05, 0.1) is 23.0 Å². The van der Waals surface area contributed by atoms with E-state index < -0.39 is 26.0 Å². The minimum absolute atomic E-state index is 0.0782. The topological polar surface area (TPSA) is 113 Å². The summed E-state index contributed by atoms with van der Waals surface area (Å²) in [6, 6.07) is 10.8. The van der Waals surface area contributed by atoms with Crippen LogP contribution in [0.15, 0.2) is 58.3 Å². The van der Waals surface area contributed by atoms with Gasteiger partial charge < -0.3 is 10.1 Å². The first-order valence-electron chi connectivity index (χ1n) is 10.2. The molecule has 1 aliphatic heterocycles. The zero-order valence-corrected chi connectivity index (χ0v) is 20.3. The smallest absolute Gasteiger partial charge is 0.248 e. The van der Waals surface area contributed by atoms with Gasteiger partial charge in [0.15, 0.2) is 0 Å². The van der Waals surface area contributed by atoms with Crippen molar-refractivity contribution in [3.8, 4) is 0 Å². The van der Waals surface area contributed by atoms with Crippen molar-refractivity contribution in [3.05, 3.63) is 59.7 Å². The summed E-state index contributed by atoms with van der Waals surface area (Å²) in [6.07, 6.45) is 2.86. The Kier molecular flexibility index (Phi) is 7.70. The summed E-state index contributed by atoms with van der Waals surface area (Å²) in [6.45, 7) is 3.15. The molecular weight excluding hydrogens is 466 g/mol. The van der Waals surface area contributed by atoms with E-state index in [-0.39, 0.29) is 9.79 Å². The average Bonchev–Trinajstić information content (AvgIpc) is 2.79. The zero-order chi connectivity index (χ0) is 24.2. The zero-order valence-electron chi connectivity index (χ0n) is 18.7. The van der Waals surface area contributed by atoms with Gasteiger partial charge in [-0.25, -0.2) is 21.1 Å². The van der Waals surface area contributed by atoms with Crippen LogP contribution < -0.4 is 5.32 Å². The molecule has 9 nitrogen and oxygen atoms in total. The number of benzene rings is 2. The second kappa shape index (κ2) is 10.1. The Bertz CT molecular complexity index is 1250. The van der Waals surface area contributed by atoms with Gasteiger partial charge in [-0.1, -0.05) is 18.2 Å². The monoisotopic (exact) mass is 493 g/mol. The number of nitrogens with zero attached hydrogens (tertiary/aromatic N) is 2. The molecule has 0 aromatic heterocycles. The molecule has 0 atom stereocenters. The summed E-state index contributed by atoms with van der Waals surface area (Å²) in [5.74, 6) is -0.442. The highest BCUT2D eigenvalue weighted by atomic mass is 32.2. The van der Waals surface area contributed by atoms with Crippen LogP contribution in [0.4, 0.5) is 5.69 Å². The van der Waals surface area contributed by atoms with Crippen molar-refractivity contribution in [1.82, 2.24) is 8.61 Å². The highest BCUT2D eigenvalue weighted by Crippen LogP contribution is 2.22. The first-order chi connectivity index (χ1) is 15.5. The van der Waals surface area contributed by atoms with Gasteiger partial charge in [0, 0.05) is 38.9 Å². The summed E-state index contributed by atoms with van der Waals surface area (Å²) < 4.78 is 57.7. The summed E-state index contributed by atoms with van der Waals surface area (Å²) in [5.41, 5.74) is 1.75. The number of aryl methyl sites for hydroxylation is 1. The normalized spacial score (nSPS) is 15.8. The van der Waals surface area contributed by atoms with Crippen LogP contribution in [0.3, 0.4) is 0 Å². The third-order valence-corrected chi connectivity index (χ3v) is 8.88. The SMILES string of the molecule is Cc1ccc(S(=O)(=O)N(C)C)cc1NC(=O)/C=C/c1ccc(S(=O)(=O)N2CCOCC2)cc1. The third kappa shape index (κ3) is 5.87. The van der Waals surface area contributed by atoms with E-state index >= 15 is 0 Å². The van der Waals surface area contributed by atoms with Crippen LogP contribution in [-0.2, 0) is 29.6 Å². The van der Waals surface area contributed by atoms with Crippen molar-refractivity contribution >= 4 is 37.7 Å². The quantitative estimate of drug-likeness (QED) is 0.590. The lowest BCUT2D eigenvalue weighted by molar-refractivity contribution is -0.111. The number of hydrogen-bond donors (Lipinski definition) is 1. The van der Waals surface area contributed by atoms with Crippen molar-refractivity contribution in [3.63, 3.8) is 0 Å². The molecule has 11 heteroatoms. The summed E-state index contributed by atoms with van der Waals surface area (Å²) >= 11 is 0. The number of carbonyl (C=O) groups excluding carboxylic acids is 1. The maximum absolute atomic E-state index is 12.7. The number of carbonyl (C=O) groups is 1. The largest absolute Gasteiger partial charge is 0.379 e. The van der Waals surface area contributed by atoms with E-state index in [9.17, 15) is 21.6 Å². The van der Waals surface area contributed by atoms with E-state index in [0.29, 0.717) is 43.1 Å². The predicted octanol–water partition coefficient (Wildman–Crippen LogP) is 1.92. The van der Waals surface area contributed by atoms with E-state index in [4.69, 9.17) is 4.74 Å². The summed E-state index contributed by atoms with van der Waals surface area (Å²) in [7, 11) is -4.33. The number of ether oxygens (including phenoxy) is 1. The van der Waals surface area contributed by atoms with Crippen molar-refractivity contribution in [2.45, 2.75) is 16.7 Å². The molecular formula is C22H27N3O6S2. The molecule has 1 N–H and O–H groups in total. The molecule has 0 aliphatic carbocycles. The average molecular weight is 494 g/mol. The van der Waals surface area contributed by atoms with Crippen LogP contribution in [0.2, 0.25) is 0 Å². The van der Waals surface area contributed by atoms with Crippen molar-refractivity contribution in [2.24, 2.45) is 0 Å². The molecule has 2 aromatic carbocycles. The minimum Gasteiger partial charge on any atom is -0.379 e. The predicted molar refractivity (Wildman–Crippen MR) is 126 cm³/mol. The van der Waals surface area contributed by atoms with Gasteiger partial charge in [-0.15, -0.1) is 0 Å². The van der Waals surface area contributed by atoms with Crippen LogP contribution in [0, 0.1) is 6.92 Å². The molecule has 0 unspecified atom stereocenters. The lowest BCUT2D eigenvalue weighted by Gasteiger charge is -2.26. The Morgan fingerprint density at radius 1 is 1.00 bits per heavy atom. The van der Waals surface area contributed by atoms with Crippen LogP contribution in [0.5, 0.6) is 0 Å². The molecule has 1 saturated heterocycles. The standard InChI is InChI=1S/C22H27N3O6S2/c1-17-4-8-20(32(27,28)24(2)3)16-21(17)23-22(26)11-7-18-5-9-19(10-6-18)33(29,30)25-12-14-31-15-13-25/h4-11,16H,12-15H2,1-3H3,(H,23,26)/b11-7+. The van der Waals surface area contributed by atoms with Gasteiger partial charge in [0.1, 0.15) is 0 Å². The van der Waals surface area contributed by atoms with Gasteiger partial charge in [-0.3, -0.25) is 4.79 Å². The molecule has 3 rings (SSSR count). The van der Waals surface area contributed by atoms with Gasteiger partial charge in [-0.05, 0) is 48.4 Å². The number of anilines is 1. The van der Waals surface area contributed by atoms with Crippen LogP contribution in [0.25, 0.3) is 6.08 Å². The minimum atomic E-state index is -3.63. The Morgan fingerprint density at radius 3 is 2.21 bits per heavy atom. The summed E-state index contributed by atoms with van der Waals surface area (Å²) in [4.78, 5) is 12.7. The molecule has 1 aliphatic rings. The van der Waals surface area contributed by atoms with E-state index in [2.05, 4.69) is 5.32 Å². The highest BCUT2D eigenvalue weighted by molar-refractivity contribution is 7.89. The van der Waals surface area contributed by atoms with Crippen LogP contribution in [0.1, 0.15) is 11.1 Å². The van der Waals surface area contributed by atoms with Crippen LogP contribution in [-0.4, -0.2) is 71.8 Å². The first-order valence-corrected chi connectivity index (χ1v) is 13.1. The fourth-order valence-electron chi connectivity index (χ4n) is 3.14. The molecule has 0 saturated carbocycles. The maximum Gasteiger partial charge on any atom is 0.248 e. The molecule has 0 radical (unpaired) electrons. The Labute approximate surface area is 194 Å². The Hall–Kier alpha value is -2.57. The first kappa shape index (κ1) is 25.1. The van der Waals surface area contributed by atoms with E-state index in [1.807, 2.05) is 0 Å². The molecule has 33 heavy (non-hydrogen) atoms. The van der Waals surface area contributed by atoms with Crippen molar-refractivity contribution in [1.29, 1.82) is 0 Å². The molecule has 178 valence electrons. The molecule has 1 heterocycles. The van der Waals surface area contributed by atoms with Gasteiger partial charge in [0.2, 0.25) is 26.0 Å². The lowest BCUT2D eigenvalue weighted by atomic mass is 10.2. The van der Waals surface area contributed by atoms with Crippen molar-refractivity contribution in [2.75, 3.05) is 45.7 Å². The number of amides is 1. The second-order valence-corrected chi connectivity index (χ2v) is 11.8. The molecule has 0 bridgehead atoms. The summed E-state index contributed by atoms with van der Waals surface area (Å²) in [5, 5.41) is 2.69.